The van der Waals surface area contributed by atoms with Gasteiger partial charge in [0, 0.05) is 6.42 Å². The average molecular weight is 384 g/mol. The number of esters is 1. The number of rotatable bonds is 3. The molecule has 150 valence electrons. The van der Waals surface area contributed by atoms with Crippen LogP contribution < -0.4 is 0 Å². The zero-order chi connectivity index (χ0) is 20.1. The third-order valence-corrected chi connectivity index (χ3v) is 6.85. The van der Waals surface area contributed by atoms with Crippen LogP contribution in [0.25, 0.3) is 5.57 Å². The van der Waals surface area contributed by atoms with Gasteiger partial charge in [-0.15, -0.1) is 0 Å². The van der Waals surface area contributed by atoms with Crippen LogP contribution in [-0.2, 0) is 9.53 Å². The lowest BCUT2D eigenvalue weighted by Crippen LogP contribution is -2.31. The maximum absolute atomic E-state index is 13.8. The second-order valence-corrected chi connectivity index (χ2v) is 9.56. The molecule has 28 heavy (non-hydrogen) atoms. The number of aliphatic hydroxyl groups excluding tert-OH is 1. The molecule has 1 saturated heterocycles. The van der Waals surface area contributed by atoms with E-state index >= 15 is 0 Å². The van der Waals surface area contributed by atoms with Gasteiger partial charge in [0.15, 0.2) is 0 Å². The first-order valence-electron chi connectivity index (χ1n) is 10.2. The molecule has 1 aromatic rings. The molecule has 2 bridgehead atoms. The van der Waals surface area contributed by atoms with Crippen LogP contribution in [0.2, 0.25) is 0 Å². The van der Waals surface area contributed by atoms with Gasteiger partial charge in [-0.05, 0) is 83.9 Å². The van der Waals surface area contributed by atoms with Gasteiger partial charge < -0.3 is 9.84 Å². The van der Waals surface area contributed by atoms with E-state index in [0.29, 0.717) is 12.0 Å². The second kappa shape index (κ2) is 6.84. The molecule has 1 saturated carbocycles. The standard InChI is InChI=1S/C24H29FO3/c1-15-10-16(4-7-21(15)25)19-13-23(2)8-9-24(3,14-23)20(19)6-5-18-11-17(26)12-22(27)28-18/h4-7,10,17-18,26H,8-9,11-14H2,1-3H3/t17-,18-,23?,24?/m0/s1. The largest absolute Gasteiger partial charge is 0.458 e. The van der Waals surface area contributed by atoms with Crippen LogP contribution >= 0.6 is 0 Å². The predicted octanol–water partition coefficient (Wildman–Crippen LogP) is 5.11. The van der Waals surface area contributed by atoms with E-state index in [9.17, 15) is 14.3 Å². The molecule has 1 aliphatic heterocycles. The van der Waals surface area contributed by atoms with Gasteiger partial charge in [0.25, 0.3) is 0 Å². The molecular weight excluding hydrogens is 355 g/mol. The number of halogens is 1. The fourth-order valence-corrected chi connectivity index (χ4v) is 5.49. The maximum Gasteiger partial charge on any atom is 0.309 e. The van der Waals surface area contributed by atoms with Crippen molar-refractivity contribution in [1.29, 1.82) is 0 Å². The zero-order valence-electron chi connectivity index (χ0n) is 16.9. The van der Waals surface area contributed by atoms with Crippen molar-refractivity contribution >= 4 is 11.5 Å². The molecule has 0 aromatic heterocycles. The van der Waals surface area contributed by atoms with Crippen molar-refractivity contribution in [1.82, 2.24) is 0 Å². The second-order valence-electron chi connectivity index (χ2n) is 9.56. The molecule has 3 aliphatic rings. The Bertz CT molecular complexity index is 871. The number of hydrogen-bond acceptors (Lipinski definition) is 3. The summed E-state index contributed by atoms with van der Waals surface area (Å²) in [5, 5.41) is 9.88. The molecule has 1 N–H and O–H groups in total. The van der Waals surface area contributed by atoms with Crippen molar-refractivity contribution in [3.8, 4) is 0 Å². The third kappa shape index (κ3) is 3.55. The Kier molecular flexibility index (Phi) is 4.73. The van der Waals surface area contributed by atoms with Gasteiger partial charge in [0.1, 0.15) is 11.9 Å². The number of ether oxygens (including phenoxy) is 1. The monoisotopic (exact) mass is 384 g/mol. The minimum absolute atomic E-state index is 0.0679. The summed E-state index contributed by atoms with van der Waals surface area (Å²) in [4.78, 5) is 11.7. The number of carbonyl (C=O) groups is 1. The summed E-state index contributed by atoms with van der Waals surface area (Å²) in [5.74, 6) is -0.527. The number of carbonyl (C=O) groups excluding carboxylic acids is 1. The number of benzene rings is 1. The van der Waals surface area contributed by atoms with Crippen molar-refractivity contribution < 1.29 is 19.0 Å². The Morgan fingerprint density at radius 2 is 2.07 bits per heavy atom. The summed E-state index contributed by atoms with van der Waals surface area (Å²) < 4.78 is 19.2. The maximum atomic E-state index is 13.8. The molecule has 0 radical (unpaired) electrons. The lowest BCUT2D eigenvalue weighted by Gasteiger charge is -2.39. The third-order valence-electron chi connectivity index (χ3n) is 6.85. The first kappa shape index (κ1) is 19.4. The molecule has 2 aliphatic carbocycles. The highest BCUT2D eigenvalue weighted by Gasteiger charge is 2.49. The summed E-state index contributed by atoms with van der Waals surface area (Å²) in [7, 11) is 0. The SMILES string of the molecule is Cc1cc(C2=C(C=C[C@H]3C[C@H](O)CC(=O)O3)C3(C)CCC(C)(C2)C3)ccc1F. The van der Waals surface area contributed by atoms with Gasteiger partial charge in [-0.2, -0.15) is 0 Å². The number of cyclic esters (lactones) is 1. The van der Waals surface area contributed by atoms with Crippen LogP contribution in [0.3, 0.4) is 0 Å². The van der Waals surface area contributed by atoms with Crippen LogP contribution in [-0.4, -0.2) is 23.3 Å². The Morgan fingerprint density at radius 3 is 2.79 bits per heavy atom. The van der Waals surface area contributed by atoms with Crippen molar-refractivity contribution in [2.75, 3.05) is 0 Å². The number of allylic oxidation sites excluding steroid dienone is 3. The van der Waals surface area contributed by atoms with Crippen molar-refractivity contribution in [3.05, 3.63) is 52.9 Å². The van der Waals surface area contributed by atoms with Crippen molar-refractivity contribution in [2.45, 2.75) is 71.5 Å². The van der Waals surface area contributed by atoms with Gasteiger partial charge >= 0.3 is 5.97 Å². The molecule has 4 heteroatoms. The van der Waals surface area contributed by atoms with E-state index in [1.54, 1.807) is 13.0 Å². The highest BCUT2D eigenvalue weighted by atomic mass is 19.1. The van der Waals surface area contributed by atoms with Crippen LogP contribution in [0.15, 0.2) is 35.9 Å². The van der Waals surface area contributed by atoms with Crippen molar-refractivity contribution in [2.24, 2.45) is 10.8 Å². The number of aryl methyl sites for hydroxylation is 1. The summed E-state index contributed by atoms with van der Waals surface area (Å²) >= 11 is 0. The summed E-state index contributed by atoms with van der Waals surface area (Å²) in [6.45, 7) is 6.47. The topological polar surface area (TPSA) is 46.5 Å². The minimum Gasteiger partial charge on any atom is -0.458 e. The van der Waals surface area contributed by atoms with Gasteiger partial charge in [-0.25, -0.2) is 4.39 Å². The molecule has 1 heterocycles. The Balaban J connectivity index is 1.75. The average Bonchev–Trinajstić information content (AvgIpc) is 2.86. The fraction of sp³-hybridized carbons (Fsp3) is 0.542. The Hall–Kier alpha value is -1.94. The van der Waals surface area contributed by atoms with Crippen LogP contribution in [0, 0.1) is 23.6 Å². The van der Waals surface area contributed by atoms with Gasteiger partial charge in [0.2, 0.25) is 0 Å². The zero-order valence-corrected chi connectivity index (χ0v) is 16.9. The molecule has 2 unspecified atom stereocenters. The molecule has 0 amide bonds. The fourth-order valence-electron chi connectivity index (χ4n) is 5.49. The molecule has 1 aromatic carbocycles. The predicted molar refractivity (Wildman–Crippen MR) is 107 cm³/mol. The molecule has 4 rings (SSSR count). The number of fused-ring (bicyclic) bond motifs is 2. The van der Waals surface area contributed by atoms with E-state index in [1.807, 2.05) is 18.2 Å². The lowest BCUT2D eigenvalue weighted by molar-refractivity contribution is -0.156. The quantitative estimate of drug-likeness (QED) is 0.737. The van der Waals surface area contributed by atoms with Crippen LogP contribution in [0.4, 0.5) is 4.39 Å². The van der Waals surface area contributed by atoms with E-state index in [4.69, 9.17) is 4.74 Å². The molecule has 4 atom stereocenters. The van der Waals surface area contributed by atoms with Gasteiger partial charge in [0.05, 0.1) is 12.5 Å². The molecular formula is C24H29FO3. The van der Waals surface area contributed by atoms with E-state index in [2.05, 4.69) is 19.9 Å². The summed E-state index contributed by atoms with van der Waals surface area (Å²) in [5.41, 5.74) is 4.62. The Labute approximate surface area is 166 Å². The molecule has 3 nitrogen and oxygen atoms in total. The summed E-state index contributed by atoms with van der Waals surface area (Å²) in [6, 6.07) is 5.38. The summed E-state index contributed by atoms with van der Waals surface area (Å²) in [6.07, 6.45) is 7.93. The lowest BCUT2D eigenvalue weighted by atomic mass is 9.66. The molecule has 0 spiro atoms. The normalized spacial score (nSPS) is 35.5. The number of hydrogen-bond donors (Lipinski definition) is 1. The smallest absolute Gasteiger partial charge is 0.309 e. The highest BCUT2D eigenvalue weighted by Crippen LogP contribution is 2.62. The van der Waals surface area contributed by atoms with Crippen LogP contribution in [0.5, 0.6) is 0 Å². The highest BCUT2D eigenvalue weighted by molar-refractivity contribution is 5.75. The minimum atomic E-state index is -0.638. The van der Waals surface area contributed by atoms with E-state index in [1.165, 1.54) is 17.6 Å². The van der Waals surface area contributed by atoms with Gasteiger partial charge in [-0.3, -0.25) is 4.79 Å². The van der Waals surface area contributed by atoms with Gasteiger partial charge in [-0.1, -0.05) is 26.0 Å². The Morgan fingerprint density at radius 1 is 1.29 bits per heavy atom. The first-order chi connectivity index (χ1) is 13.2. The van der Waals surface area contributed by atoms with Crippen LogP contribution in [0.1, 0.15) is 63.5 Å². The molecule has 2 fully saturated rings. The number of aliphatic hydroxyl groups is 1. The van der Waals surface area contributed by atoms with E-state index < -0.39 is 12.2 Å². The van der Waals surface area contributed by atoms with E-state index in [-0.39, 0.29) is 29.0 Å². The van der Waals surface area contributed by atoms with Crippen molar-refractivity contribution in [3.63, 3.8) is 0 Å². The van der Waals surface area contributed by atoms with E-state index in [0.717, 1.165) is 24.8 Å². The first-order valence-corrected chi connectivity index (χ1v) is 10.2.